The van der Waals surface area contributed by atoms with Crippen LogP contribution < -0.4 is 15.0 Å². The van der Waals surface area contributed by atoms with Gasteiger partial charge in [-0.05, 0) is 58.3 Å². The van der Waals surface area contributed by atoms with E-state index < -0.39 is 0 Å². The number of hydrogen-bond acceptors (Lipinski definition) is 4. The van der Waals surface area contributed by atoms with Gasteiger partial charge in [-0.15, -0.1) is 0 Å². The van der Waals surface area contributed by atoms with Crippen LogP contribution in [0.15, 0.2) is 18.2 Å². The number of benzene rings is 1. The highest BCUT2D eigenvalue weighted by Gasteiger charge is 2.45. The Morgan fingerprint density at radius 1 is 1.33 bits per heavy atom. The van der Waals surface area contributed by atoms with E-state index in [2.05, 4.69) is 34.2 Å². The van der Waals surface area contributed by atoms with Gasteiger partial charge in [0.15, 0.2) is 0 Å². The quantitative estimate of drug-likeness (QED) is 0.814. The third-order valence-corrected chi connectivity index (χ3v) is 5.36. The molecule has 1 amide bonds. The van der Waals surface area contributed by atoms with E-state index in [0.717, 1.165) is 31.1 Å². The number of likely N-dealkylation sites (N-methyl/N-ethyl adjacent to an activating group) is 1. The molecule has 2 fully saturated rings. The Balaban J connectivity index is 1.81. The molecule has 0 radical (unpaired) electrons. The molecule has 2 aliphatic heterocycles. The van der Waals surface area contributed by atoms with Crippen LogP contribution in [0.1, 0.15) is 40.0 Å². The Morgan fingerprint density at radius 3 is 2.88 bits per heavy atom. The summed E-state index contributed by atoms with van der Waals surface area (Å²) in [6, 6.07) is 6.10. The van der Waals surface area contributed by atoms with Crippen LogP contribution in [-0.4, -0.2) is 49.1 Å². The summed E-state index contributed by atoms with van der Waals surface area (Å²) < 4.78 is 5.90. The first-order chi connectivity index (χ1) is 11.6. The van der Waals surface area contributed by atoms with Crippen LogP contribution in [0.5, 0.6) is 5.75 Å². The Morgan fingerprint density at radius 2 is 2.17 bits per heavy atom. The lowest BCUT2D eigenvalue weighted by Crippen LogP contribution is -2.45. The lowest BCUT2D eigenvalue weighted by atomic mass is 9.95. The molecule has 1 aromatic rings. The summed E-state index contributed by atoms with van der Waals surface area (Å²) in [5.41, 5.74) is 2.27. The van der Waals surface area contributed by atoms with Gasteiger partial charge in [-0.25, -0.2) is 0 Å². The maximum atomic E-state index is 10.8. The minimum atomic E-state index is 0.0720. The summed E-state index contributed by atoms with van der Waals surface area (Å²) in [4.78, 5) is 15.9. The maximum Gasteiger partial charge on any atom is 0.211 e. The highest BCUT2D eigenvalue weighted by Crippen LogP contribution is 2.40. The van der Waals surface area contributed by atoms with Crippen molar-refractivity contribution in [2.24, 2.45) is 0 Å². The summed E-state index contributed by atoms with van der Waals surface area (Å²) in [5, 5.41) is 2.73. The second-order valence-corrected chi connectivity index (χ2v) is 7.19. The van der Waals surface area contributed by atoms with Crippen molar-refractivity contribution < 1.29 is 9.53 Å². The van der Waals surface area contributed by atoms with Crippen LogP contribution in [0.2, 0.25) is 0 Å². The van der Waals surface area contributed by atoms with Gasteiger partial charge in [-0.3, -0.25) is 9.69 Å². The number of anilines is 2. The molecule has 1 unspecified atom stereocenters. The van der Waals surface area contributed by atoms with Gasteiger partial charge in [0.25, 0.3) is 0 Å². The van der Waals surface area contributed by atoms with Gasteiger partial charge in [0, 0.05) is 30.4 Å². The number of carbonyl (C=O) groups excluding carboxylic acids is 1. The number of ether oxygens (including phenoxy) is 1. The molecule has 0 saturated carbocycles. The first kappa shape index (κ1) is 17.1. The average molecular weight is 331 g/mol. The average Bonchev–Trinajstić information content (AvgIpc) is 3.16. The molecule has 1 aromatic carbocycles. The van der Waals surface area contributed by atoms with E-state index in [0.29, 0.717) is 11.9 Å². The molecule has 1 N–H and O–H groups in total. The second-order valence-electron chi connectivity index (χ2n) is 7.19. The van der Waals surface area contributed by atoms with Crippen LogP contribution >= 0.6 is 0 Å². The predicted octanol–water partition coefficient (Wildman–Crippen LogP) is 3.11. The third kappa shape index (κ3) is 3.22. The zero-order valence-corrected chi connectivity index (χ0v) is 15.0. The molecule has 0 aliphatic carbocycles. The largest absolute Gasteiger partial charge is 0.489 e. The Hall–Kier alpha value is -1.75. The van der Waals surface area contributed by atoms with Gasteiger partial charge in [-0.1, -0.05) is 6.92 Å². The first-order valence-corrected chi connectivity index (χ1v) is 9.09. The molecule has 0 aromatic heterocycles. The van der Waals surface area contributed by atoms with Crippen molar-refractivity contribution in [3.05, 3.63) is 18.2 Å². The topological polar surface area (TPSA) is 44.8 Å². The fourth-order valence-corrected chi connectivity index (χ4v) is 4.27. The normalized spacial score (nSPS) is 24.1. The van der Waals surface area contributed by atoms with Gasteiger partial charge < -0.3 is 15.0 Å². The summed E-state index contributed by atoms with van der Waals surface area (Å²) in [7, 11) is 0. The summed E-state index contributed by atoms with van der Waals surface area (Å²) in [5.74, 6) is 0.745. The maximum absolute atomic E-state index is 10.8. The lowest BCUT2D eigenvalue weighted by molar-refractivity contribution is -0.105. The fourth-order valence-electron chi connectivity index (χ4n) is 4.27. The molecule has 2 heterocycles. The highest BCUT2D eigenvalue weighted by molar-refractivity contribution is 5.77. The molecule has 132 valence electrons. The third-order valence-electron chi connectivity index (χ3n) is 5.36. The van der Waals surface area contributed by atoms with Crippen LogP contribution in [0.4, 0.5) is 11.4 Å². The molecule has 5 nitrogen and oxygen atoms in total. The number of rotatable bonds is 6. The molecule has 3 rings (SSSR count). The van der Waals surface area contributed by atoms with Gasteiger partial charge in [0.05, 0.1) is 11.8 Å². The van der Waals surface area contributed by atoms with Crippen molar-refractivity contribution >= 4 is 17.8 Å². The Bertz CT molecular complexity index is 590. The number of nitrogens with one attached hydrogen (secondary N) is 1. The van der Waals surface area contributed by atoms with E-state index in [4.69, 9.17) is 4.74 Å². The highest BCUT2D eigenvalue weighted by atomic mass is 16.5. The van der Waals surface area contributed by atoms with Crippen LogP contribution in [-0.2, 0) is 4.79 Å². The van der Waals surface area contributed by atoms with Gasteiger partial charge >= 0.3 is 0 Å². The van der Waals surface area contributed by atoms with Crippen molar-refractivity contribution in [3.8, 4) is 5.75 Å². The Labute approximate surface area is 145 Å². The molecule has 2 saturated heterocycles. The van der Waals surface area contributed by atoms with E-state index in [-0.39, 0.29) is 6.10 Å². The molecule has 2 aliphatic rings. The van der Waals surface area contributed by atoms with Crippen LogP contribution in [0.25, 0.3) is 0 Å². The van der Waals surface area contributed by atoms with E-state index >= 15 is 0 Å². The van der Waals surface area contributed by atoms with E-state index in [1.165, 1.54) is 31.5 Å². The monoisotopic (exact) mass is 331 g/mol. The SMILES string of the molecule is CCN1CCCC12CCN(c1ccc(NC=O)c(OC(C)C)c1)C2. The number of likely N-dealkylation sites (tertiary alicyclic amines) is 1. The molecule has 1 atom stereocenters. The zero-order valence-electron chi connectivity index (χ0n) is 15.0. The van der Waals surface area contributed by atoms with Crippen LogP contribution in [0.3, 0.4) is 0 Å². The molecule has 24 heavy (non-hydrogen) atoms. The van der Waals surface area contributed by atoms with Crippen molar-refractivity contribution in [3.63, 3.8) is 0 Å². The molecular weight excluding hydrogens is 302 g/mol. The van der Waals surface area contributed by atoms with Crippen LogP contribution in [0, 0.1) is 0 Å². The number of hydrogen-bond donors (Lipinski definition) is 1. The predicted molar refractivity (Wildman–Crippen MR) is 97.9 cm³/mol. The van der Waals surface area contributed by atoms with Gasteiger partial charge in [0.1, 0.15) is 5.75 Å². The summed E-state index contributed by atoms with van der Waals surface area (Å²) in [6.07, 6.45) is 4.62. The molecular formula is C19H29N3O2. The number of amides is 1. The molecule has 1 spiro atoms. The van der Waals surface area contributed by atoms with Crippen molar-refractivity contribution in [1.82, 2.24) is 4.90 Å². The van der Waals surface area contributed by atoms with E-state index in [9.17, 15) is 4.79 Å². The number of carbonyl (C=O) groups is 1. The smallest absolute Gasteiger partial charge is 0.211 e. The minimum Gasteiger partial charge on any atom is -0.489 e. The summed E-state index contributed by atoms with van der Waals surface area (Å²) >= 11 is 0. The minimum absolute atomic E-state index is 0.0720. The lowest BCUT2D eigenvalue weighted by Gasteiger charge is -2.34. The van der Waals surface area contributed by atoms with Gasteiger partial charge in [-0.2, -0.15) is 0 Å². The first-order valence-electron chi connectivity index (χ1n) is 9.09. The zero-order chi connectivity index (χ0) is 17.2. The van der Waals surface area contributed by atoms with Crippen molar-refractivity contribution in [2.45, 2.75) is 51.7 Å². The van der Waals surface area contributed by atoms with E-state index in [1.54, 1.807) is 0 Å². The van der Waals surface area contributed by atoms with Crippen molar-refractivity contribution in [2.75, 3.05) is 36.4 Å². The van der Waals surface area contributed by atoms with E-state index in [1.807, 2.05) is 19.9 Å². The van der Waals surface area contributed by atoms with Gasteiger partial charge in [0.2, 0.25) is 6.41 Å². The summed E-state index contributed by atoms with van der Waals surface area (Å²) in [6.45, 7) is 10.8. The fraction of sp³-hybridized carbons (Fsp3) is 0.632. The molecule has 5 heteroatoms. The van der Waals surface area contributed by atoms with Crippen molar-refractivity contribution in [1.29, 1.82) is 0 Å². The second kappa shape index (κ2) is 7.01. The Kier molecular flexibility index (Phi) is 4.99. The number of nitrogens with zero attached hydrogens (tertiary/aromatic N) is 2. The standard InChI is InChI=1S/C19H29N3O2/c1-4-22-10-5-8-19(22)9-11-21(13-19)16-6-7-17(20-14-23)18(12-16)24-15(2)3/h6-7,12,14-15H,4-5,8-11,13H2,1-3H3,(H,20,23). The molecule has 0 bridgehead atoms.